The third kappa shape index (κ3) is 2.50. The predicted octanol–water partition coefficient (Wildman–Crippen LogP) is 3.95. The molecular formula is C19H13ClN4O2. The standard InChI is InChI=1S/C19H13ClN4O2/c20-13-5-3-11(4-6-13)18-22-19-21-15-8-12(17-2-1-7-26-17)9-16(25)14(15)10-24(19)23-18/h1-7,10,12H,8-9H2/t12-/m0/s1. The molecule has 0 N–H and O–H groups in total. The zero-order valence-corrected chi connectivity index (χ0v) is 14.3. The summed E-state index contributed by atoms with van der Waals surface area (Å²) in [5.74, 6) is 1.89. The lowest BCUT2D eigenvalue weighted by Crippen LogP contribution is -2.21. The first-order valence-corrected chi connectivity index (χ1v) is 8.64. The highest BCUT2D eigenvalue weighted by Gasteiger charge is 2.30. The number of hydrogen-bond donors (Lipinski definition) is 0. The Bertz CT molecular complexity index is 1120. The normalized spacial score (nSPS) is 16.8. The Kier molecular flexibility index (Phi) is 3.39. The van der Waals surface area contributed by atoms with Crippen molar-refractivity contribution >= 4 is 23.2 Å². The molecule has 1 aliphatic carbocycles. The summed E-state index contributed by atoms with van der Waals surface area (Å²) in [7, 11) is 0. The van der Waals surface area contributed by atoms with Gasteiger partial charge >= 0.3 is 0 Å². The van der Waals surface area contributed by atoms with Gasteiger partial charge in [-0.05, 0) is 36.4 Å². The van der Waals surface area contributed by atoms with Crippen LogP contribution in [0.3, 0.4) is 0 Å². The fourth-order valence-corrected chi connectivity index (χ4v) is 3.46. The first-order chi connectivity index (χ1) is 12.7. The van der Waals surface area contributed by atoms with E-state index in [1.165, 1.54) is 0 Å². The molecule has 3 aromatic heterocycles. The fourth-order valence-electron chi connectivity index (χ4n) is 3.33. The molecule has 0 spiro atoms. The molecule has 0 bridgehead atoms. The van der Waals surface area contributed by atoms with E-state index < -0.39 is 0 Å². The van der Waals surface area contributed by atoms with Crippen molar-refractivity contribution in [2.45, 2.75) is 18.8 Å². The molecule has 1 aromatic carbocycles. The summed E-state index contributed by atoms with van der Waals surface area (Å²) >= 11 is 5.93. The van der Waals surface area contributed by atoms with Gasteiger partial charge in [0.25, 0.3) is 5.78 Å². The minimum absolute atomic E-state index is 0.0126. The number of Topliss-reactive ketones (excluding diaryl/α,β-unsaturated/α-hetero) is 1. The van der Waals surface area contributed by atoms with Gasteiger partial charge in [0.1, 0.15) is 5.76 Å². The van der Waals surface area contributed by atoms with Crippen LogP contribution in [0.4, 0.5) is 0 Å². The van der Waals surface area contributed by atoms with Crippen molar-refractivity contribution in [1.29, 1.82) is 0 Å². The van der Waals surface area contributed by atoms with Crippen LogP contribution in [0.15, 0.2) is 53.3 Å². The molecule has 4 aromatic rings. The second-order valence-electron chi connectivity index (χ2n) is 6.33. The summed E-state index contributed by atoms with van der Waals surface area (Å²) in [6.45, 7) is 0. The summed E-state index contributed by atoms with van der Waals surface area (Å²) < 4.78 is 7.03. The summed E-state index contributed by atoms with van der Waals surface area (Å²) in [6.07, 6.45) is 4.41. The number of fused-ring (bicyclic) bond motifs is 2. The molecular weight excluding hydrogens is 352 g/mol. The second kappa shape index (κ2) is 5.78. The topological polar surface area (TPSA) is 73.3 Å². The number of halogens is 1. The second-order valence-corrected chi connectivity index (χ2v) is 6.77. The molecule has 128 valence electrons. The fraction of sp³-hybridized carbons (Fsp3) is 0.158. The Labute approximate surface area is 153 Å². The number of hydrogen-bond acceptors (Lipinski definition) is 5. The molecule has 0 aliphatic heterocycles. The van der Waals surface area contributed by atoms with Crippen LogP contribution in [0.2, 0.25) is 5.02 Å². The Hall–Kier alpha value is -2.99. The molecule has 0 fully saturated rings. The van der Waals surface area contributed by atoms with E-state index in [4.69, 9.17) is 16.0 Å². The maximum atomic E-state index is 12.6. The van der Waals surface area contributed by atoms with E-state index in [-0.39, 0.29) is 11.7 Å². The number of benzene rings is 1. The molecule has 26 heavy (non-hydrogen) atoms. The van der Waals surface area contributed by atoms with Crippen LogP contribution in [0.25, 0.3) is 17.2 Å². The lowest BCUT2D eigenvalue weighted by atomic mass is 9.85. The monoisotopic (exact) mass is 364 g/mol. The van der Waals surface area contributed by atoms with Gasteiger partial charge < -0.3 is 4.42 Å². The van der Waals surface area contributed by atoms with Gasteiger partial charge in [0.15, 0.2) is 11.6 Å². The predicted molar refractivity (Wildman–Crippen MR) is 95.3 cm³/mol. The molecule has 0 saturated carbocycles. The smallest absolute Gasteiger partial charge is 0.252 e. The maximum absolute atomic E-state index is 12.6. The third-order valence-electron chi connectivity index (χ3n) is 4.63. The zero-order valence-electron chi connectivity index (χ0n) is 13.6. The Morgan fingerprint density at radius 1 is 1.12 bits per heavy atom. The van der Waals surface area contributed by atoms with Crippen LogP contribution in [-0.4, -0.2) is 25.4 Å². The van der Waals surface area contributed by atoms with Crippen LogP contribution in [0.1, 0.15) is 34.2 Å². The summed E-state index contributed by atoms with van der Waals surface area (Å²) in [4.78, 5) is 21.7. The van der Waals surface area contributed by atoms with Gasteiger partial charge in [0.2, 0.25) is 0 Å². The van der Waals surface area contributed by atoms with Crippen molar-refractivity contribution in [2.24, 2.45) is 0 Å². The summed E-state index contributed by atoms with van der Waals surface area (Å²) in [5, 5.41) is 5.11. The zero-order chi connectivity index (χ0) is 17.7. The molecule has 7 heteroatoms. The number of ketones is 1. The number of aromatic nitrogens is 4. The number of carbonyl (C=O) groups excluding carboxylic acids is 1. The summed E-state index contributed by atoms with van der Waals surface area (Å²) in [5.41, 5.74) is 2.19. The summed E-state index contributed by atoms with van der Waals surface area (Å²) in [6, 6.07) is 11.0. The van der Waals surface area contributed by atoms with Crippen LogP contribution in [0, 0.1) is 0 Å². The molecule has 1 aliphatic rings. The van der Waals surface area contributed by atoms with Crippen molar-refractivity contribution in [1.82, 2.24) is 19.6 Å². The molecule has 6 nitrogen and oxygen atoms in total. The average molecular weight is 365 g/mol. The first kappa shape index (κ1) is 15.3. The SMILES string of the molecule is O=C1C[C@@H](c2ccco2)Cc2nc3nc(-c4ccc(Cl)cc4)nn3cc21. The van der Waals surface area contributed by atoms with Crippen molar-refractivity contribution in [3.05, 3.63) is 70.9 Å². The average Bonchev–Trinajstić information content (AvgIpc) is 3.30. The van der Waals surface area contributed by atoms with Crippen LogP contribution < -0.4 is 0 Å². The number of rotatable bonds is 2. The molecule has 0 radical (unpaired) electrons. The number of furan rings is 1. The largest absolute Gasteiger partial charge is 0.469 e. The lowest BCUT2D eigenvalue weighted by molar-refractivity contribution is 0.0958. The highest BCUT2D eigenvalue weighted by atomic mass is 35.5. The minimum Gasteiger partial charge on any atom is -0.469 e. The van der Waals surface area contributed by atoms with Gasteiger partial charge in [0.05, 0.1) is 17.5 Å². The number of nitrogens with zero attached hydrogens (tertiary/aromatic N) is 4. The van der Waals surface area contributed by atoms with E-state index in [9.17, 15) is 4.79 Å². The van der Waals surface area contributed by atoms with E-state index in [1.807, 2.05) is 24.3 Å². The lowest BCUT2D eigenvalue weighted by Gasteiger charge is -2.20. The van der Waals surface area contributed by atoms with Crippen LogP contribution >= 0.6 is 11.6 Å². The van der Waals surface area contributed by atoms with Crippen molar-refractivity contribution < 1.29 is 9.21 Å². The van der Waals surface area contributed by atoms with Gasteiger partial charge in [-0.1, -0.05) is 11.6 Å². The van der Waals surface area contributed by atoms with E-state index in [0.717, 1.165) is 17.0 Å². The van der Waals surface area contributed by atoms with Crippen LogP contribution in [-0.2, 0) is 6.42 Å². The van der Waals surface area contributed by atoms with Crippen molar-refractivity contribution in [3.8, 4) is 11.4 Å². The van der Waals surface area contributed by atoms with E-state index in [0.29, 0.717) is 35.0 Å². The van der Waals surface area contributed by atoms with Crippen molar-refractivity contribution in [2.75, 3.05) is 0 Å². The van der Waals surface area contributed by atoms with Gasteiger partial charge in [-0.2, -0.15) is 4.98 Å². The van der Waals surface area contributed by atoms with Gasteiger partial charge in [-0.3, -0.25) is 4.79 Å². The Morgan fingerprint density at radius 3 is 2.73 bits per heavy atom. The third-order valence-corrected chi connectivity index (χ3v) is 4.88. The van der Waals surface area contributed by atoms with Gasteiger partial charge in [-0.15, -0.1) is 5.10 Å². The molecule has 5 rings (SSSR count). The number of carbonyl (C=O) groups is 1. The molecule has 0 saturated heterocycles. The molecule has 1 atom stereocenters. The Balaban J connectivity index is 1.57. The molecule has 0 unspecified atom stereocenters. The van der Waals surface area contributed by atoms with Gasteiger partial charge in [0, 0.05) is 35.5 Å². The van der Waals surface area contributed by atoms with Crippen LogP contribution in [0.5, 0.6) is 0 Å². The highest BCUT2D eigenvalue weighted by molar-refractivity contribution is 6.30. The maximum Gasteiger partial charge on any atom is 0.252 e. The Morgan fingerprint density at radius 2 is 1.96 bits per heavy atom. The molecule has 0 amide bonds. The molecule has 3 heterocycles. The minimum atomic E-state index is 0.0126. The van der Waals surface area contributed by atoms with E-state index in [1.54, 1.807) is 29.1 Å². The first-order valence-electron chi connectivity index (χ1n) is 8.26. The van der Waals surface area contributed by atoms with E-state index in [2.05, 4.69) is 15.1 Å². The van der Waals surface area contributed by atoms with Gasteiger partial charge in [-0.25, -0.2) is 9.50 Å². The quantitative estimate of drug-likeness (QED) is 0.538. The highest BCUT2D eigenvalue weighted by Crippen LogP contribution is 2.32. The van der Waals surface area contributed by atoms with E-state index >= 15 is 0 Å². The van der Waals surface area contributed by atoms with Crippen molar-refractivity contribution in [3.63, 3.8) is 0 Å².